The van der Waals surface area contributed by atoms with Crippen molar-refractivity contribution in [1.82, 2.24) is 14.7 Å². The van der Waals surface area contributed by atoms with Crippen molar-refractivity contribution in [2.24, 2.45) is 5.92 Å². The van der Waals surface area contributed by atoms with Crippen LogP contribution in [0, 0.1) is 12.8 Å². The lowest BCUT2D eigenvalue weighted by molar-refractivity contribution is 0.0683. The zero-order chi connectivity index (χ0) is 33.7. The lowest BCUT2D eigenvalue weighted by Gasteiger charge is -2.33. The number of nitrogens with zero attached hydrogens (tertiary/aromatic N) is 3. The minimum Gasteiger partial charge on any atom is -0.496 e. The third-order valence-corrected chi connectivity index (χ3v) is 8.54. The number of aryl methyl sites for hydroxylation is 1. The molecule has 47 heavy (non-hydrogen) atoms. The Balaban J connectivity index is 1.21. The van der Waals surface area contributed by atoms with Crippen molar-refractivity contribution in [2.75, 3.05) is 45.1 Å². The molecule has 1 fully saturated rings. The van der Waals surface area contributed by atoms with E-state index in [9.17, 15) is 9.59 Å². The Morgan fingerprint density at radius 2 is 1.53 bits per heavy atom. The summed E-state index contributed by atoms with van der Waals surface area (Å²) in [4.78, 5) is 28.6. The van der Waals surface area contributed by atoms with Gasteiger partial charge in [-0.25, -0.2) is 9.48 Å². The fourth-order valence-corrected chi connectivity index (χ4v) is 5.82. The Morgan fingerprint density at radius 1 is 0.872 bits per heavy atom. The maximum absolute atomic E-state index is 13.5. The fourth-order valence-electron chi connectivity index (χ4n) is 5.82. The van der Waals surface area contributed by atoms with Crippen molar-refractivity contribution in [3.63, 3.8) is 0 Å². The summed E-state index contributed by atoms with van der Waals surface area (Å²) < 4.78 is 18.1. The van der Waals surface area contributed by atoms with Gasteiger partial charge in [-0.3, -0.25) is 10.1 Å². The van der Waals surface area contributed by atoms with Gasteiger partial charge in [-0.15, -0.1) is 0 Å². The first kappa shape index (κ1) is 33.4. The second-order valence-corrected chi connectivity index (χ2v) is 13.0. The third kappa shape index (κ3) is 7.88. The van der Waals surface area contributed by atoms with Crippen molar-refractivity contribution in [2.45, 2.75) is 52.4 Å². The van der Waals surface area contributed by atoms with Gasteiger partial charge in [0.05, 0.1) is 32.7 Å². The van der Waals surface area contributed by atoms with Gasteiger partial charge in [0.2, 0.25) is 0 Å². The van der Waals surface area contributed by atoms with E-state index < -0.39 is 0 Å². The number of benzene rings is 3. The molecule has 248 valence electrons. The van der Waals surface area contributed by atoms with Gasteiger partial charge in [-0.1, -0.05) is 50.6 Å². The van der Waals surface area contributed by atoms with Gasteiger partial charge < -0.3 is 24.4 Å². The van der Waals surface area contributed by atoms with E-state index in [-0.39, 0.29) is 17.4 Å². The van der Waals surface area contributed by atoms with Crippen LogP contribution in [0.1, 0.15) is 60.8 Å². The number of carbonyl (C=O) groups is 2. The average Bonchev–Trinajstić information content (AvgIpc) is 3.48. The number of hydrogen-bond donors (Lipinski definition) is 2. The Bertz CT molecular complexity index is 1690. The Hall–Kier alpha value is -4.99. The van der Waals surface area contributed by atoms with E-state index in [1.807, 2.05) is 60.4 Å². The average molecular weight is 640 g/mol. The Labute approximate surface area is 277 Å². The number of nitrogens with one attached hydrogen (secondary N) is 2. The molecule has 0 spiro atoms. The van der Waals surface area contributed by atoms with E-state index in [1.54, 1.807) is 23.9 Å². The van der Waals surface area contributed by atoms with Crippen molar-refractivity contribution in [3.8, 4) is 22.9 Å². The summed E-state index contributed by atoms with van der Waals surface area (Å²) in [6.07, 6.45) is 2.58. The summed E-state index contributed by atoms with van der Waals surface area (Å²) in [5, 5.41) is 10.8. The molecule has 0 saturated carbocycles. The topological polar surface area (TPSA) is 107 Å². The lowest BCUT2D eigenvalue weighted by Crippen LogP contribution is -2.39. The summed E-state index contributed by atoms with van der Waals surface area (Å²) >= 11 is 0. The number of ether oxygens (including phenoxy) is 3. The number of methoxy groups -OCH3 is 3. The van der Waals surface area contributed by atoms with Crippen molar-refractivity contribution < 1.29 is 23.8 Å². The normalized spacial score (nSPS) is 13.6. The van der Waals surface area contributed by atoms with Gasteiger partial charge in [0.25, 0.3) is 5.91 Å². The standard InChI is InChI=1S/C37H45N5O5/c1-24-11-13-28(14-12-24)42-33(23-32(40-42)37(2,3)4)39-36(44)38-27-10-8-9-26(20-27)19-25-15-17-41(18-16-25)35(43)34-30(46-6)21-29(45-5)22-31(34)47-7/h8-14,20-23,25H,15-19H2,1-7H3,(H2,38,39,44). The van der Waals surface area contributed by atoms with Gasteiger partial charge in [-0.05, 0) is 61.9 Å². The molecule has 0 bridgehead atoms. The smallest absolute Gasteiger partial charge is 0.324 e. The van der Waals surface area contributed by atoms with Crippen LogP contribution < -0.4 is 24.8 Å². The number of anilines is 2. The zero-order valence-electron chi connectivity index (χ0n) is 28.3. The first-order valence-electron chi connectivity index (χ1n) is 15.9. The molecular formula is C37H45N5O5. The molecule has 0 aliphatic carbocycles. The monoisotopic (exact) mass is 639 g/mol. The fraction of sp³-hybridized carbons (Fsp3) is 0.378. The Kier molecular flexibility index (Phi) is 10.1. The number of rotatable bonds is 9. The van der Waals surface area contributed by atoms with Gasteiger partial charge in [-0.2, -0.15) is 5.10 Å². The number of urea groups is 1. The molecule has 5 rings (SSSR count). The quantitative estimate of drug-likeness (QED) is 0.200. The molecule has 2 heterocycles. The maximum atomic E-state index is 13.5. The van der Waals surface area contributed by atoms with Crippen molar-refractivity contribution in [3.05, 3.63) is 89.1 Å². The molecule has 0 radical (unpaired) electrons. The number of piperidine rings is 1. The van der Waals surface area contributed by atoms with Crippen LogP contribution in [0.15, 0.2) is 66.7 Å². The molecule has 3 amide bonds. The molecule has 10 nitrogen and oxygen atoms in total. The zero-order valence-corrected chi connectivity index (χ0v) is 28.3. The first-order chi connectivity index (χ1) is 22.5. The highest BCUT2D eigenvalue weighted by molar-refractivity contribution is 6.00. The number of amides is 3. The largest absolute Gasteiger partial charge is 0.496 e. The molecule has 1 saturated heterocycles. The van der Waals surface area contributed by atoms with Crippen LogP contribution >= 0.6 is 0 Å². The van der Waals surface area contributed by atoms with Gasteiger partial charge >= 0.3 is 6.03 Å². The van der Waals surface area contributed by atoms with Crippen LogP contribution in [-0.2, 0) is 11.8 Å². The highest BCUT2D eigenvalue weighted by Crippen LogP contribution is 2.36. The van der Waals surface area contributed by atoms with E-state index in [1.165, 1.54) is 14.2 Å². The van der Waals surface area contributed by atoms with Crippen LogP contribution in [-0.4, -0.2) is 61.0 Å². The third-order valence-electron chi connectivity index (χ3n) is 8.54. The van der Waals surface area contributed by atoms with Crippen LogP contribution in [0.4, 0.5) is 16.3 Å². The van der Waals surface area contributed by atoms with Crippen LogP contribution in [0.25, 0.3) is 5.69 Å². The molecule has 0 unspecified atom stereocenters. The molecule has 0 atom stereocenters. The van der Waals surface area contributed by atoms with E-state index in [2.05, 4.69) is 37.5 Å². The molecule has 1 aliphatic heterocycles. The van der Waals surface area contributed by atoms with Crippen LogP contribution in [0.2, 0.25) is 0 Å². The summed E-state index contributed by atoms with van der Waals surface area (Å²) in [7, 11) is 4.63. The molecular weight excluding hydrogens is 594 g/mol. The molecule has 2 N–H and O–H groups in total. The number of carbonyl (C=O) groups excluding carboxylic acids is 2. The predicted octanol–water partition coefficient (Wildman–Crippen LogP) is 7.24. The van der Waals surface area contributed by atoms with Crippen molar-refractivity contribution >= 4 is 23.4 Å². The van der Waals surface area contributed by atoms with Gasteiger partial charge in [0.15, 0.2) is 0 Å². The summed E-state index contributed by atoms with van der Waals surface area (Å²) in [5.74, 6) is 2.30. The summed E-state index contributed by atoms with van der Waals surface area (Å²) in [6, 6.07) is 21.0. The van der Waals surface area contributed by atoms with Gasteiger partial charge in [0, 0.05) is 42.4 Å². The molecule has 4 aromatic rings. The van der Waals surface area contributed by atoms with E-state index in [4.69, 9.17) is 19.3 Å². The first-order valence-corrected chi connectivity index (χ1v) is 15.9. The SMILES string of the molecule is COc1cc(OC)c(C(=O)N2CCC(Cc3cccc(NC(=O)Nc4cc(C(C)(C)C)nn4-c4ccc(C)cc4)c3)CC2)c(OC)c1. The maximum Gasteiger partial charge on any atom is 0.324 e. The van der Waals surface area contributed by atoms with E-state index in [0.29, 0.717) is 53.3 Å². The highest BCUT2D eigenvalue weighted by Gasteiger charge is 2.29. The molecule has 10 heteroatoms. The molecule has 1 aliphatic rings. The minimum atomic E-state index is -0.341. The second kappa shape index (κ2) is 14.2. The lowest BCUT2D eigenvalue weighted by atomic mass is 9.89. The molecule has 1 aromatic heterocycles. The van der Waals surface area contributed by atoms with Crippen LogP contribution in [0.5, 0.6) is 17.2 Å². The van der Waals surface area contributed by atoms with E-state index >= 15 is 0 Å². The minimum absolute atomic E-state index is 0.115. The predicted molar refractivity (Wildman–Crippen MR) is 185 cm³/mol. The van der Waals surface area contributed by atoms with E-state index in [0.717, 1.165) is 41.8 Å². The highest BCUT2D eigenvalue weighted by atomic mass is 16.5. The number of hydrogen-bond acceptors (Lipinski definition) is 6. The second-order valence-electron chi connectivity index (χ2n) is 13.0. The number of aromatic nitrogens is 2. The Morgan fingerprint density at radius 3 is 2.13 bits per heavy atom. The van der Waals surface area contributed by atoms with Crippen LogP contribution in [0.3, 0.4) is 0 Å². The summed E-state index contributed by atoms with van der Waals surface area (Å²) in [5.41, 5.74) is 4.97. The number of likely N-dealkylation sites (tertiary alicyclic amines) is 1. The summed E-state index contributed by atoms with van der Waals surface area (Å²) in [6.45, 7) is 9.60. The molecule has 3 aromatic carbocycles. The van der Waals surface area contributed by atoms with Gasteiger partial charge in [0.1, 0.15) is 28.6 Å². The van der Waals surface area contributed by atoms with Crippen molar-refractivity contribution in [1.29, 1.82) is 0 Å².